The molecule has 3 N–H and O–H groups in total. The van der Waals surface area contributed by atoms with Crippen LogP contribution in [-0.4, -0.2) is 16.1 Å². The van der Waals surface area contributed by atoms with Crippen LogP contribution in [-0.2, 0) is 0 Å². The second kappa shape index (κ2) is 6.23. The van der Waals surface area contributed by atoms with Crippen molar-refractivity contribution < 1.29 is 9.21 Å². The Labute approximate surface area is 133 Å². The van der Waals surface area contributed by atoms with Crippen LogP contribution in [0, 0.1) is 6.92 Å². The number of nitrogens with one attached hydrogen (secondary N) is 3. The highest BCUT2D eigenvalue weighted by Gasteiger charge is 2.12. The first-order valence-corrected chi connectivity index (χ1v) is 7.05. The Balaban J connectivity index is 1.61. The fourth-order valence-corrected chi connectivity index (χ4v) is 2.02. The number of H-pyrrole nitrogens is 1. The number of aromatic amines is 1. The number of hydrogen-bond acceptors (Lipinski definition) is 4. The molecule has 0 unspecified atom stereocenters. The minimum atomic E-state index is -0.368. The van der Waals surface area contributed by atoms with Crippen molar-refractivity contribution in [3.05, 3.63) is 72.1 Å². The van der Waals surface area contributed by atoms with E-state index in [1.807, 2.05) is 31.2 Å². The predicted molar refractivity (Wildman–Crippen MR) is 87.1 cm³/mol. The van der Waals surface area contributed by atoms with E-state index in [0.29, 0.717) is 17.2 Å². The van der Waals surface area contributed by atoms with Gasteiger partial charge in [-0.1, -0.05) is 36.4 Å². The highest BCUT2D eigenvalue weighted by atomic mass is 16.3. The maximum Gasteiger partial charge on any atom is 0.290 e. The summed E-state index contributed by atoms with van der Waals surface area (Å²) < 4.78 is 5.25. The number of carbonyl (C=O) groups excluding carboxylic acids is 1. The predicted octanol–water partition coefficient (Wildman–Crippen LogP) is 2.88. The van der Waals surface area contributed by atoms with Gasteiger partial charge in [0.2, 0.25) is 0 Å². The van der Waals surface area contributed by atoms with Gasteiger partial charge in [-0.15, -0.1) is 0 Å². The molecule has 1 amide bonds. The number of amides is 1. The molecule has 0 saturated heterocycles. The Morgan fingerprint density at radius 2 is 2.00 bits per heavy atom. The van der Waals surface area contributed by atoms with E-state index in [1.54, 1.807) is 24.5 Å². The number of nitrogens with zero attached hydrogens (tertiary/aromatic N) is 1. The zero-order valence-corrected chi connectivity index (χ0v) is 12.6. The lowest BCUT2D eigenvalue weighted by Gasteiger charge is -2.10. The van der Waals surface area contributed by atoms with Crippen LogP contribution in [0.1, 0.15) is 21.6 Å². The summed E-state index contributed by atoms with van der Waals surface area (Å²) in [4.78, 5) is 12.1. The van der Waals surface area contributed by atoms with Crippen LogP contribution in [0.5, 0.6) is 0 Å². The molecule has 0 bridgehead atoms. The molecular formula is C17H16N4O2. The van der Waals surface area contributed by atoms with Crippen molar-refractivity contribution in [2.45, 2.75) is 6.92 Å². The number of furan rings is 1. The molecule has 6 heteroatoms. The van der Waals surface area contributed by atoms with Gasteiger partial charge in [0, 0.05) is 6.07 Å². The van der Waals surface area contributed by atoms with Crippen LogP contribution in [0.15, 0.2) is 59.7 Å². The zero-order valence-electron chi connectivity index (χ0n) is 12.6. The largest absolute Gasteiger partial charge is 0.463 e. The third-order valence-corrected chi connectivity index (χ3v) is 3.32. The summed E-state index contributed by atoms with van der Waals surface area (Å²) in [7, 11) is 0. The molecule has 1 aromatic carbocycles. The van der Waals surface area contributed by atoms with E-state index in [2.05, 4.69) is 27.6 Å². The van der Waals surface area contributed by atoms with Crippen LogP contribution in [0.2, 0.25) is 0 Å². The maximum atomic E-state index is 12.1. The van der Waals surface area contributed by atoms with Gasteiger partial charge in [-0.2, -0.15) is 5.10 Å². The normalized spacial score (nSPS) is 10.3. The summed E-state index contributed by atoms with van der Waals surface area (Å²) in [6.07, 6.45) is 1.56. The van der Waals surface area contributed by atoms with Gasteiger partial charge in [0.1, 0.15) is 5.69 Å². The summed E-state index contributed by atoms with van der Waals surface area (Å²) in [6.45, 7) is 5.91. The van der Waals surface area contributed by atoms with E-state index < -0.39 is 0 Å². The second-order valence-corrected chi connectivity index (χ2v) is 5.07. The van der Waals surface area contributed by atoms with Crippen molar-refractivity contribution >= 4 is 11.6 Å². The molecule has 0 radical (unpaired) electrons. The van der Waals surface area contributed by atoms with Crippen molar-refractivity contribution in [2.24, 2.45) is 0 Å². The topological polar surface area (TPSA) is 83.0 Å². The molecule has 2 heterocycles. The number of carbonyl (C=O) groups is 1. The van der Waals surface area contributed by atoms with Gasteiger partial charge < -0.3 is 4.42 Å². The summed E-state index contributed by atoms with van der Waals surface area (Å²) in [5, 5.41) is 6.73. The van der Waals surface area contributed by atoms with Crippen molar-refractivity contribution in [1.82, 2.24) is 21.0 Å². The number of aryl methyl sites for hydroxylation is 1. The monoisotopic (exact) mass is 308 g/mol. The van der Waals surface area contributed by atoms with Gasteiger partial charge in [-0.25, -0.2) is 0 Å². The van der Waals surface area contributed by atoms with Crippen LogP contribution < -0.4 is 10.9 Å². The van der Waals surface area contributed by atoms with Gasteiger partial charge in [-0.05, 0) is 24.6 Å². The van der Waals surface area contributed by atoms with Gasteiger partial charge >= 0.3 is 0 Å². The molecule has 0 aliphatic heterocycles. The van der Waals surface area contributed by atoms with Gasteiger partial charge in [0.15, 0.2) is 11.5 Å². The SMILES string of the molecule is C=C(NNC(=O)c1cc(-c2ccco2)[nH]n1)c1ccc(C)cc1. The lowest BCUT2D eigenvalue weighted by molar-refractivity contribution is 0.0937. The van der Waals surface area contributed by atoms with E-state index in [9.17, 15) is 4.79 Å². The van der Waals surface area contributed by atoms with Crippen LogP contribution in [0.25, 0.3) is 17.2 Å². The Morgan fingerprint density at radius 1 is 1.22 bits per heavy atom. The van der Waals surface area contributed by atoms with Crippen molar-refractivity contribution in [2.75, 3.05) is 0 Å². The number of hydrogen-bond donors (Lipinski definition) is 3. The van der Waals surface area contributed by atoms with E-state index in [0.717, 1.165) is 11.1 Å². The number of aromatic nitrogens is 2. The first kappa shape index (κ1) is 14.6. The highest BCUT2D eigenvalue weighted by molar-refractivity contribution is 5.93. The molecule has 3 aromatic rings. The molecule has 0 aliphatic carbocycles. The Morgan fingerprint density at radius 3 is 2.70 bits per heavy atom. The summed E-state index contributed by atoms with van der Waals surface area (Å²) in [5.41, 5.74) is 8.90. The minimum absolute atomic E-state index is 0.251. The average molecular weight is 308 g/mol. The summed E-state index contributed by atoms with van der Waals surface area (Å²) >= 11 is 0. The van der Waals surface area contributed by atoms with E-state index in [4.69, 9.17) is 4.42 Å². The highest BCUT2D eigenvalue weighted by Crippen LogP contribution is 2.17. The molecule has 0 saturated carbocycles. The standard InChI is InChI=1S/C17H16N4O2/c1-11-5-7-13(8-6-11)12(2)18-21-17(22)15-10-14(19-20-15)16-4-3-9-23-16/h3-10,18H,2H2,1H3,(H,19,20)(H,21,22). The molecule has 0 spiro atoms. The fourth-order valence-electron chi connectivity index (χ4n) is 2.02. The van der Waals surface area contributed by atoms with Gasteiger partial charge in [-0.3, -0.25) is 20.7 Å². The minimum Gasteiger partial charge on any atom is -0.463 e. The third kappa shape index (κ3) is 3.32. The molecule has 116 valence electrons. The van der Waals surface area contributed by atoms with Crippen molar-refractivity contribution in [1.29, 1.82) is 0 Å². The van der Waals surface area contributed by atoms with E-state index >= 15 is 0 Å². The first-order valence-electron chi connectivity index (χ1n) is 7.05. The molecule has 0 atom stereocenters. The number of benzene rings is 1. The quantitative estimate of drug-likeness (QED) is 0.633. The third-order valence-electron chi connectivity index (χ3n) is 3.32. The molecule has 0 aliphatic rings. The molecule has 23 heavy (non-hydrogen) atoms. The first-order chi connectivity index (χ1) is 11.1. The molecule has 6 nitrogen and oxygen atoms in total. The van der Waals surface area contributed by atoms with Gasteiger partial charge in [0.05, 0.1) is 12.0 Å². The lowest BCUT2D eigenvalue weighted by atomic mass is 10.1. The van der Waals surface area contributed by atoms with E-state index in [1.165, 1.54) is 0 Å². The summed E-state index contributed by atoms with van der Waals surface area (Å²) in [6, 6.07) is 13.0. The Kier molecular flexibility index (Phi) is 3.97. The second-order valence-electron chi connectivity index (χ2n) is 5.07. The lowest BCUT2D eigenvalue weighted by Crippen LogP contribution is -2.36. The average Bonchev–Trinajstić information content (AvgIpc) is 3.23. The molecule has 0 fully saturated rings. The zero-order chi connectivity index (χ0) is 16.2. The molecule has 2 aromatic heterocycles. The van der Waals surface area contributed by atoms with E-state index in [-0.39, 0.29) is 11.6 Å². The van der Waals surface area contributed by atoms with Crippen LogP contribution in [0.3, 0.4) is 0 Å². The number of hydrazine groups is 1. The van der Waals surface area contributed by atoms with Crippen molar-refractivity contribution in [3.63, 3.8) is 0 Å². The van der Waals surface area contributed by atoms with Crippen molar-refractivity contribution in [3.8, 4) is 11.5 Å². The Hall–Kier alpha value is -3.28. The van der Waals surface area contributed by atoms with Crippen LogP contribution in [0.4, 0.5) is 0 Å². The Bertz CT molecular complexity index is 817. The summed E-state index contributed by atoms with van der Waals surface area (Å²) in [5.74, 6) is 0.251. The number of rotatable bonds is 5. The smallest absolute Gasteiger partial charge is 0.290 e. The van der Waals surface area contributed by atoms with Crippen LogP contribution >= 0.6 is 0 Å². The fraction of sp³-hybridized carbons (Fsp3) is 0.0588. The van der Waals surface area contributed by atoms with Gasteiger partial charge in [0.25, 0.3) is 5.91 Å². The molecular weight excluding hydrogens is 292 g/mol. The molecule has 3 rings (SSSR count). The maximum absolute atomic E-state index is 12.1.